The number of carbonyl (C=O) groups is 1. The Kier molecular flexibility index (Phi) is 10.0. The zero-order valence-electron chi connectivity index (χ0n) is 16.0. The molecule has 1 aliphatic rings. The number of halogens is 4. The van der Waals surface area contributed by atoms with Gasteiger partial charge in [-0.2, -0.15) is 13.2 Å². The Morgan fingerprint density at radius 3 is 2.54 bits per heavy atom. The topological polar surface area (TPSA) is 68.8 Å². The zero-order chi connectivity index (χ0) is 19.9. The van der Waals surface area contributed by atoms with E-state index in [1.54, 1.807) is 19.2 Å². The first-order valence-electron chi connectivity index (χ1n) is 8.95. The van der Waals surface area contributed by atoms with Crippen LogP contribution < -0.4 is 16.0 Å². The number of alkyl halides is 3. The van der Waals surface area contributed by atoms with Crippen molar-refractivity contribution in [1.82, 2.24) is 20.9 Å². The van der Waals surface area contributed by atoms with E-state index in [4.69, 9.17) is 0 Å². The fourth-order valence-corrected chi connectivity index (χ4v) is 2.94. The van der Waals surface area contributed by atoms with E-state index < -0.39 is 12.7 Å². The van der Waals surface area contributed by atoms with Crippen LogP contribution in [0, 0.1) is 0 Å². The standard InChI is InChI=1S/C18H26F3N5O.HI/c1-3-23-17(25-15-8-9-26(11-15)12-18(19,20)21)24-10-13-4-6-14(7-5-13)16(27)22-2;/h4-7,15H,3,8-12H2,1-2H3,(H,22,27)(H2,23,24,25);1H. The van der Waals surface area contributed by atoms with Gasteiger partial charge in [-0.25, -0.2) is 4.99 Å². The lowest BCUT2D eigenvalue weighted by Crippen LogP contribution is -2.45. The third-order valence-electron chi connectivity index (χ3n) is 4.22. The molecule has 0 bridgehead atoms. The Morgan fingerprint density at radius 2 is 1.96 bits per heavy atom. The maximum absolute atomic E-state index is 12.5. The number of hydrogen-bond donors (Lipinski definition) is 3. The molecule has 0 spiro atoms. The molecule has 1 heterocycles. The van der Waals surface area contributed by atoms with Gasteiger partial charge in [0.15, 0.2) is 5.96 Å². The van der Waals surface area contributed by atoms with Gasteiger partial charge in [-0.1, -0.05) is 12.1 Å². The number of likely N-dealkylation sites (tertiary alicyclic amines) is 1. The molecule has 1 aliphatic heterocycles. The second kappa shape index (κ2) is 11.4. The van der Waals surface area contributed by atoms with E-state index in [2.05, 4.69) is 20.9 Å². The highest BCUT2D eigenvalue weighted by Gasteiger charge is 2.34. The Balaban J connectivity index is 0.00000392. The molecule has 0 aliphatic carbocycles. The van der Waals surface area contributed by atoms with Crippen LogP contribution in [-0.2, 0) is 6.54 Å². The van der Waals surface area contributed by atoms with Crippen LogP contribution in [0.1, 0.15) is 29.3 Å². The van der Waals surface area contributed by atoms with Gasteiger partial charge in [0.2, 0.25) is 0 Å². The number of nitrogens with one attached hydrogen (secondary N) is 3. The minimum absolute atomic E-state index is 0. The second-order valence-corrected chi connectivity index (χ2v) is 6.45. The van der Waals surface area contributed by atoms with Crippen molar-refractivity contribution in [3.63, 3.8) is 0 Å². The Bertz CT molecular complexity index is 652. The highest BCUT2D eigenvalue weighted by molar-refractivity contribution is 14.0. The molecule has 2 rings (SSSR count). The number of rotatable bonds is 6. The minimum Gasteiger partial charge on any atom is -0.357 e. The van der Waals surface area contributed by atoms with E-state index in [-0.39, 0.29) is 35.9 Å². The van der Waals surface area contributed by atoms with Gasteiger partial charge in [0, 0.05) is 38.3 Å². The SMILES string of the molecule is CCNC(=NCc1ccc(C(=O)NC)cc1)NC1CCN(CC(F)(F)F)C1.I. The fourth-order valence-electron chi connectivity index (χ4n) is 2.94. The molecule has 1 saturated heterocycles. The molecule has 1 fully saturated rings. The molecule has 158 valence electrons. The maximum atomic E-state index is 12.5. The summed E-state index contributed by atoms with van der Waals surface area (Å²) in [6.45, 7) is 2.86. The van der Waals surface area contributed by atoms with Gasteiger partial charge in [-0.3, -0.25) is 9.69 Å². The predicted octanol–water partition coefficient (Wildman–Crippen LogP) is 2.36. The van der Waals surface area contributed by atoms with Gasteiger partial charge in [0.1, 0.15) is 0 Å². The quantitative estimate of drug-likeness (QED) is 0.311. The molecule has 28 heavy (non-hydrogen) atoms. The van der Waals surface area contributed by atoms with Crippen molar-refractivity contribution in [3.05, 3.63) is 35.4 Å². The molecular weight excluding hydrogens is 486 g/mol. The van der Waals surface area contributed by atoms with Gasteiger partial charge in [0.25, 0.3) is 5.91 Å². The number of nitrogens with zero attached hydrogens (tertiary/aromatic N) is 2. The normalized spacial score (nSPS) is 17.8. The average molecular weight is 513 g/mol. The van der Waals surface area contributed by atoms with Crippen molar-refractivity contribution in [2.45, 2.75) is 32.1 Å². The van der Waals surface area contributed by atoms with Crippen LogP contribution in [0.2, 0.25) is 0 Å². The molecular formula is C18H27F3IN5O. The van der Waals surface area contributed by atoms with Crippen molar-refractivity contribution in [2.24, 2.45) is 4.99 Å². The fraction of sp³-hybridized carbons (Fsp3) is 0.556. The molecule has 1 unspecified atom stereocenters. The Labute approximate surface area is 180 Å². The largest absolute Gasteiger partial charge is 0.401 e. The Hall–Kier alpha value is -1.56. The smallest absolute Gasteiger partial charge is 0.357 e. The molecule has 10 heteroatoms. The molecule has 0 aromatic heterocycles. The third-order valence-corrected chi connectivity index (χ3v) is 4.22. The summed E-state index contributed by atoms with van der Waals surface area (Å²) < 4.78 is 37.5. The van der Waals surface area contributed by atoms with Crippen molar-refractivity contribution in [3.8, 4) is 0 Å². The van der Waals surface area contributed by atoms with Crippen LogP contribution in [0.5, 0.6) is 0 Å². The molecule has 1 aromatic rings. The molecule has 6 nitrogen and oxygen atoms in total. The van der Waals surface area contributed by atoms with Gasteiger partial charge in [-0.15, -0.1) is 24.0 Å². The minimum atomic E-state index is -4.17. The molecule has 3 N–H and O–H groups in total. The van der Waals surface area contributed by atoms with Crippen LogP contribution in [-0.4, -0.2) is 62.2 Å². The lowest BCUT2D eigenvalue weighted by Gasteiger charge is -2.19. The van der Waals surface area contributed by atoms with Gasteiger partial charge in [0.05, 0.1) is 13.1 Å². The van der Waals surface area contributed by atoms with Crippen LogP contribution in [0.3, 0.4) is 0 Å². The summed E-state index contributed by atoms with van der Waals surface area (Å²) in [6, 6.07) is 7.06. The van der Waals surface area contributed by atoms with Crippen molar-refractivity contribution < 1.29 is 18.0 Å². The zero-order valence-corrected chi connectivity index (χ0v) is 18.3. The summed E-state index contributed by atoms with van der Waals surface area (Å²) in [5, 5.41) is 8.89. The van der Waals surface area contributed by atoms with Gasteiger partial charge in [-0.05, 0) is 31.0 Å². The lowest BCUT2D eigenvalue weighted by molar-refractivity contribution is -0.143. The highest BCUT2D eigenvalue weighted by atomic mass is 127. The van der Waals surface area contributed by atoms with Crippen molar-refractivity contribution in [1.29, 1.82) is 0 Å². The first kappa shape index (κ1) is 24.5. The van der Waals surface area contributed by atoms with E-state index >= 15 is 0 Å². The molecule has 0 radical (unpaired) electrons. The lowest BCUT2D eigenvalue weighted by atomic mass is 10.1. The second-order valence-electron chi connectivity index (χ2n) is 6.45. The van der Waals surface area contributed by atoms with Crippen LogP contribution in [0.4, 0.5) is 13.2 Å². The van der Waals surface area contributed by atoms with Gasteiger partial charge >= 0.3 is 6.18 Å². The summed E-state index contributed by atoms with van der Waals surface area (Å²) in [5.41, 5.74) is 1.51. The molecule has 1 aromatic carbocycles. The van der Waals surface area contributed by atoms with E-state index in [0.29, 0.717) is 44.1 Å². The number of guanidine groups is 1. The molecule has 1 amide bonds. The van der Waals surface area contributed by atoms with Crippen LogP contribution in [0.15, 0.2) is 29.3 Å². The molecule has 0 saturated carbocycles. The van der Waals surface area contributed by atoms with Crippen molar-refractivity contribution in [2.75, 3.05) is 33.2 Å². The number of benzene rings is 1. The molecule has 1 atom stereocenters. The average Bonchev–Trinajstić information content (AvgIpc) is 3.04. The van der Waals surface area contributed by atoms with Crippen LogP contribution >= 0.6 is 24.0 Å². The summed E-state index contributed by atoms with van der Waals surface area (Å²) in [5.74, 6) is 0.427. The van der Waals surface area contributed by atoms with Gasteiger partial charge < -0.3 is 16.0 Å². The Morgan fingerprint density at radius 1 is 1.29 bits per heavy atom. The summed E-state index contributed by atoms with van der Waals surface area (Å²) in [4.78, 5) is 17.4. The first-order chi connectivity index (χ1) is 12.8. The third kappa shape index (κ3) is 8.21. The predicted molar refractivity (Wildman–Crippen MR) is 114 cm³/mol. The van der Waals surface area contributed by atoms with E-state index in [1.807, 2.05) is 19.1 Å². The highest BCUT2D eigenvalue weighted by Crippen LogP contribution is 2.19. The summed E-state index contributed by atoms with van der Waals surface area (Å²) in [7, 11) is 1.58. The van der Waals surface area contributed by atoms with Crippen molar-refractivity contribution >= 4 is 35.8 Å². The van der Waals surface area contributed by atoms with E-state index in [9.17, 15) is 18.0 Å². The number of carbonyl (C=O) groups excluding carboxylic acids is 1. The first-order valence-corrected chi connectivity index (χ1v) is 8.95. The monoisotopic (exact) mass is 513 g/mol. The number of amides is 1. The van der Waals surface area contributed by atoms with Crippen LogP contribution in [0.25, 0.3) is 0 Å². The number of hydrogen-bond acceptors (Lipinski definition) is 3. The number of aliphatic imine (C=N–C) groups is 1. The summed E-state index contributed by atoms with van der Waals surface area (Å²) in [6.07, 6.45) is -3.53. The maximum Gasteiger partial charge on any atom is 0.401 e. The van der Waals surface area contributed by atoms with E-state index in [0.717, 1.165) is 5.56 Å². The van der Waals surface area contributed by atoms with E-state index in [1.165, 1.54) is 4.90 Å². The summed E-state index contributed by atoms with van der Waals surface area (Å²) >= 11 is 0.